The first-order valence-corrected chi connectivity index (χ1v) is 6.58. The van der Waals surface area contributed by atoms with Gasteiger partial charge < -0.3 is 10.0 Å². The maximum atomic E-state index is 12.3. The molecule has 0 aromatic heterocycles. The summed E-state index contributed by atoms with van der Waals surface area (Å²) in [4.78, 5) is 24.9. The average molecular weight is 261 g/mol. The standard InChI is InChI=1S/C15H19NO3/c1-10-3-5-12(6-4-10)9-14(17)16(13-7-8-13)11(2)15(18)19/h3-6,11,13H,7-9H2,1-2H3,(H,18,19). The fraction of sp³-hybridized carbons (Fsp3) is 0.467. The summed E-state index contributed by atoms with van der Waals surface area (Å²) in [6.45, 7) is 3.57. The molecular formula is C15H19NO3. The minimum atomic E-state index is -0.941. The first-order chi connectivity index (χ1) is 8.99. The molecule has 1 aliphatic rings. The molecule has 102 valence electrons. The van der Waals surface area contributed by atoms with E-state index >= 15 is 0 Å². The number of carbonyl (C=O) groups excluding carboxylic acids is 1. The van der Waals surface area contributed by atoms with E-state index in [0.29, 0.717) is 0 Å². The molecule has 19 heavy (non-hydrogen) atoms. The minimum absolute atomic E-state index is 0.0961. The van der Waals surface area contributed by atoms with Gasteiger partial charge in [0.25, 0.3) is 0 Å². The van der Waals surface area contributed by atoms with Crippen molar-refractivity contribution >= 4 is 11.9 Å². The second-order valence-corrected chi connectivity index (χ2v) is 5.21. The van der Waals surface area contributed by atoms with Crippen molar-refractivity contribution < 1.29 is 14.7 Å². The smallest absolute Gasteiger partial charge is 0.326 e. The lowest BCUT2D eigenvalue weighted by Gasteiger charge is -2.26. The highest BCUT2D eigenvalue weighted by Crippen LogP contribution is 2.29. The van der Waals surface area contributed by atoms with E-state index in [1.54, 1.807) is 6.92 Å². The Bertz CT molecular complexity index is 477. The lowest BCUT2D eigenvalue weighted by Crippen LogP contribution is -2.45. The van der Waals surface area contributed by atoms with Crippen LogP contribution in [0.5, 0.6) is 0 Å². The van der Waals surface area contributed by atoms with Gasteiger partial charge in [0.05, 0.1) is 6.42 Å². The average Bonchev–Trinajstić information content (AvgIpc) is 3.16. The Kier molecular flexibility index (Phi) is 3.88. The molecule has 1 aliphatic carbocycles. The number of hydrogen-bond acceptors (Lipinski definition) is 2. The van der Waals surface area contributed by atoms with Gasteiger partial charge in [-0.05, 0) is 32.3 Å². The second-order valence-electron chi connectivity index (χ2n) is 5.21. The number of carboxylic acid groups (broad SMARTS) is 1. The molecule has 0 saturated heterocycles. The molecule has 1 fully saturated rings. The Balaban J connectivity index is 2.07. The van der Waals surface area contributed by atoms with Crippen LogP contribution in [0.3, 0.4) is 0 Å². The Hall–Kier alpha value is -1.84. The molecule has 1 N–H and O–H groups in total. The molecule has 0 heterocycles. The number of amides is 1. The van der Waals surface area contributed by atoms with Crippen LogP contribution in [0.25, 0.3) is 0 Å². The molecule has 2 rings (SSSR count). The van der Waals surface area contributed by atoms with Gasteiger partial charge in [-0.1, -0.05) is 29.8 Å². The fourth-order valence-electron chi connectivity index (χ4n) is 2.18. The van der Waals surface area contributed by atoms with Crippen molar-refractivity contribution in [3.63, 3.8) is 0 Å². The highest BCUT2D eigenvalue weighted by molar-refractivity contribution is 5.85. The summed E-state index contributed by atoms with van der Waals surface area (Å²) < 4.78 is 0. The van der Waals surface area contributed by atoms with Crippen LogP contribution in [0.15, 0.2) is 24.3 Å². The summed E-state index contributed by atoms with van der Waals surface area (Å²) in [5.74, 6) is -1.04. The van der Waals surface area contributed by atoms with Gasteiger partial charge in [0.15, 0.2) is 0 Å². The van der Waals surface area contributed by atoms with E-state index in [0.717, 1.165) is 24.0 Å². The second kappa shape index (κ2) is 5.43. The van der Waals surface area contributed by atoms with Gasteiger partial charge in [-0.3, -0.25) is 4.79 Å². The normalized spacial score (nSPS) is 15.9. The number of carbonyl (C=O) groups is 2. The highest BCUT2D eigenvalue weighted by atomic mass is 16.4. The first kappa shape index (κ1) is 13.6. The summed E-state index contributed by atoms with van der Waals surface area (Å²) in [7, 11) is 0. The molecule has 0 radical (unpaired) electrons. The minimum Gasteiger partial charge on any atom is -0.480 e. The zero-order chi connectivity index (χ0) is 14.0. The van der Waals surface area contributed by atoms with Crippen LogP contribution in [0.4, 0.5) is 0 Å². The van der Waals surface area contributed by atoms with Crippen LogP contribution in [0.1, 0.15) is 30.9 Å². The van der Waals surface area contributed by atoms with Gasteiger partial charge in [0.2, 0.25) is 5.91 Å². The predicted molar refractivity (Wildman–Crippen MR) is 71.8 cm³/mol. The summed E-state index contributed by atoms with van der Waals surface area (Å²) in [5.41, 5.74) is 2.08. The highest BCUT2D eigenvalue weighted by Gasteiger charge is 2.38. The lowest BCUT2D eigenvalue weighted by atomic mass is 10.1. The monoisotopic (exact) mass is 261 g/mol. The summed E-state index contributed by atoms with van der Waals surface area (Å²) in [6, 6.07) is 7.14. The maximum Gasteiger partial charge on any atom is 0.326 e. The van der Waals surface area contributed by atoms with Crippen LogP contribution in [-0.4, -0.2) is 34.0 Å². The van der Waals surface area contributed by atoms with Crippen LogP contribution < -0.4 is 0 Å². The largest absolute Gasteiger partial charge is 0.480 e. The van der Waals surface area contributed by atoms with Crippen LogP contribution in [-0.2, 0) is 16.0 Å². The van der Waals surface area contributed by atoms with Gasteiger partial charge in [-0.25, -0.2) is 4.79 Å². The predicted octanol–water partition coefficient (Wildman–Crippen LogP) is 2.00. The zero-order valence-corrected chi connectivity index (χ0v) is 11.3. The van der Waals surface area contributed by atoms with E-state index in [4.69, 9.17) is 5.11 Å². The van der Waals surface area contributed by atoms with Crippen molar-refractivity contribution in [2.75, 3.05) is 0 Å². The first-order valence-electron chi connectivity index (χ1n) is 6.58. The summed E-state index contributed by atoms with van der Waals surface area (Å²) in [6.07, 6.45) is 2.10. The number of aryl methyl sites for hydroxylation is 1. The fourth-order valence-corrected chi connectivity index (χ4v) is 2.18. The van der Waals surface area contributed by atoms with Crippen LogP contribution in [0.2, 0.25) is 0 Å². The van der Waals surface area contributed by atoms with E-state index in [2.05, 4.69) is 0 Å². The Morgan fingerprint density at radius 1 is 1.32 bits per heavy atom. The summed E-state index contributed by atoms with van der Waals surface area (Å²) in [5, 5.41) is 9.09. The molecule has 1 unspecified atom stereocenters. The Morgan fingerprint density at radius 2 is 1.89 bits per heavy atom. The van der Waals surface area contributed by atoms with E-state index in [9.17, 15) is 9.59 Å². The topological polar surface area (TPSA) is 57.6 Å². The van der Waals surface area contributed by atoms with Gasteiger partial charge in [-0.2, -0.15) is 0 Å². The Morgan fingerprint density at radius 3 is 2.37 bits per heavy atom. The molecule has 4 nitrogen and oxygen atoms in total. The maximum absolute atomic E-state index is 12.3. The van der Waals surface area contributed by atoms with Crippen molar-refractivity contribution in [2.45, 2.75) is 45.2 Å². The quantitative estimate of drug-likeness (QED) is 0.882. The van der Waals surface area contributed by atoms with E-state index in [-0.39, 0.29) is 18.4 Å². The van der Waals surface area contributed by atoms with E-state index in [1.165, 1.54) is 4.90 Å². The zero-order valence-electron chi connectivity index (χ0n) is 11.3. The van der Waals surface area contributed by atoms with Crippen molar-refractivity contribution in [3.8, 4) is 0 Å². The third-order valence-corrected chi connectivity index (χ3v) is 3.48. The van der Waals surface area contributed by atoms with Gasteiger partial charge in [0.1, 0.15) is 6.04 Å². The van der Waals surface area contributed by atoms with Crippen molar-refractivity contribution in [1.82, 2.24) is 4.90 Å². The molecule has 4 heteroatoms. The van der Waals surface area contributed by atoms with E-state index in [1.807, 2.05) is 31.2 Å². The SMILES string of the molecule is Cc1ccc(CC(=O)N(C2CC2)C(C)C(=O)O)cc1. The third kappa shape index (κ3) is 3.34. The molecule has 1 aromatic rings. The number of nitrogens with zero attached hydrogens (tertiary/aromatic N) is 1. The van der Waals surface area contributed by atoms with Crippen LogP contribution >= 0.6 is 0 Å². The van der Waals surface area contributed by atoms with Crippen molar-refractivity contribution in [1.29, 1.82) is 0 Å². The molecule has 1 aromatic carbocycles. The molecule has 0 aliphatic heterocycles. The lowest BCUT2D eigenvalue weighted by molar-refractivity contribution is -0.149. The molecule has 0 bridgehead atoms. The molecule has 1 atom stereocenters. The van der Waals surface area contributed by atoms with Gasteiger partial charge in [-0.15, -0.1) is 0 Å². The number of carboxylic acids is 1. The molecule has 0 spiro atoms. The molecular weight excluding hydrogens is 242 g/mol. The van der Waals surface area contributed by atoms with Gasteiger partial charge >= 0.3 is 5.97 Å². The van der Waals surface area contributed by atoms with Crippen molar-refractivity contribution in [3.05, 3.63) is 35.4 Å². The number of aliphatic carboxylic acids is 1. The number of benzene rings is 1. The number of hydrogen-bond donors (Lipinski definition) is 1. The number of rotatable bonds is 5. The third-order valence-electron chi connectivity index (χ3n) is 3.48. The van der Waals surface area contributed by atoms with Crippen molar-refractivity contribution in [2.24, 2.45) is 0 Å². The van der Waals surface area contributed by atoms with E-state index < -0.39 is 12.0 Å². The molecule has 1 saturated carbocycles. The van der Waals surface area contributed by atoms with Crippen LogP contribution in [0, 0.1) is 6.92 Å². The molecule has 1 amide bonds. The Labute approximate surface area is 113 Å². The summed E-state index contributed by atoms with van der Waals surface area (Å²) >= 11 is 0. The van der Waals surface area contributed by atoms with Gasteiger partial charge in [0, 0.05) is 6.04 Å².